The van der Waals surface area contributed by atoms with Gasteiger partial charge in [-0.05, 0) is 36.8 Å². The lowest BCUT2D eigenvalue weighted by atomic mass is 10.0. The summed E-state index contributed by atoms with van der Waals surface area (Å²) in [4.78, 5) is 4.57. The molecule has 0 fully saturated rings. The molecule has 0 amide bonds. The van der Waals surface area contributed by atoms with Crippen molar-refractivity contribution in [2.45, 2.75) is 13.5 Å². The van der Waals surface area contributed by atoms with Gasteiger partial charge in [0.2, 0.25) is 0 Å². The predicted octanol–water partition coefficient (Wildman–Crippen LogP) is 2.53. The Morgan fingerprint density at radius 2 is 1.79 bits per heavy atom. The minimum absolute atomic E-state index is 0.455. The van der Waals surface area contributed by atoms with Crippen molar-refractivity contribution in [2.24, 2.45) is 5.73 Å². The van der Waals surface area contributed by atoms with E-state index in [1.807, 2.05) is 37.3 Å². The Morgan fingerprint density at radius 3 is 2.42 bits per heavy atom. The second-order valence-electron chi connectivity index (χ2n) is 4.23. The van der Waals surface area contributed by atoms with E-state index in [-0.39, 0.29) is 0 Å². The predicted molar refractivity (Wildman–Crippen MR) is 75.4 cm³/mol. The van der Waals surface area contributed by atoms with Crippen molar-refractivity contribution in [3.05, 3.63) is 41.6 Å². The van der Waals surface area contributed by atoms with Crippen molar-refractivity contribution in [1.82, 2.24) is 4.98 Å². The first-order valence-electron chi connectivity index (χ1n) is 6.08. The Bertz CT molecular complexity index is 582. The smallest absolute Gasteiger partial charge is 0.161 e. The van der Waals surface area contributed by atoms with Gasteiger partial charge in [0.15, 0.2) is 11.5 Å². The standard InChI is InChI=1S/C15H18N2O2/c1-10-4-5-12(9-16)15(17-10)11-6-7-13(18-2)14(8-11)19-3/h4-8H,9,16H2,1-3H3. The lowest BCUT2D eigenvalue weighted by molar-refractivity contribution is 0.355. The summed E-state index contributed by atoms with van der Waals surface area (Å²) in [6.45, 7) is 2.42. The molecule has 4 nitrogen and oxygen atoms in total. The van der Waals surface area contributed by atoms with E-state index in [0.717, 1.165) is 22.5 Å². The number of ether oxygens (including phenoxy) is 2. The number of hydrogen-bond donors (Lipinski definition) is 1. The fourth-order valence-electron chi connectivity index (χ4n) is 1.98. The zero-order valence-corrected chi connectivity index (χ0v) is 11.4. The maximum atomic E-state index is 5.77. The van der Waals surface area contributed by atoms with Crippen LogP contribution in [0.25, 0.3) is 11.3 Å². The molecule has 1 aromatic heterocycles. The van der Waals surface area contributed by atoms with Crippen molar-refractivity contribution in [3.63, 3.8) is 0 Å². The first kappa shape index (κ1) is 13.4. The summed E-state index contributed by atoms with van der Waals surface area (Å²) < 4.78 is 10.6. The summed E-state index contributed by atoms with van der Waals surface area (Å²) in [5, 5.41) is 0. The van der Waals surface area contributed by atoms with Gasteiger partial charge in [-0.1, -0.05) is 6.07 Å². The molecule has 0 aliphatic rings. The Labute approximate surface area is 113 Å². The lowest BCUT2D eigenvalue weighted by Crippen LogP contribution is -2.02. The van der Waals surface area contributed by atoms with Gasteiger partial charge < -0.3 is 15.2 Å². The molecule has 0 bridgehead atoms. The van der Waals surface area contributed by atoms with E-state index >= 15 is 0 Å². The van der Waals surface area contributed by atoms with E-state index < -0.39 is 0 Å². The highest BCUT2D eigenvalue weighted by molar-refractivity contribution is 5.67. The molecule has 19 heavy (non-hydrogen) atoms. The molecule has 1 heterocycles. The third-order valence-corrected chi connectivity index (χ3v) is 2.99. The first-order valence-corrected chi connectivity index (χ1v) is 6.08. The van der Waals surface area contributed by atoms with E-state index in [0.29, 0.717) is 18.0 Å². The number of aromatic nitrogens is 1. The number of nitrogens with zero attached hydrogens (tertiary/aromatic N) is 1. The Kier molecular flexibility index (Phi) is 4.02. The van der Waals surface area contributed by atoms with Crippen LogP contribution in [0, 0.1) is 6.92 Å². The number of benzene rings is 1. The van der Waals surface area contributed by atoms with Gasteiger partial charge in [0, 0.05) is 17.8 Å². The zero-order chi connectivity index (χ0) is 13.8. The van der Waals surface area contributed by atoms with Crippen LogP contribution in [0.3, 0.4) is 0 Å². The van der Waals surface area contributed by atoms with Crippen molar-refractivity contribution in [1.29, 1.82) is 0 Å². The fourth-order valence-corrected chi connectivity index (χ4v) is 1.98. The van der Waals surface area contributed by atoms with E-state index in [9.17, 15) is 0 Å². The third-order valence-electron chi connectivity index (χ3n) is 2.99. The normalized spacial score (nSPS) is 10.3. The molecule has 1 aromatic carbocycles. The topological polar surface area (TPSA) is 57.4 Å². The van der Waals surface area contributed by atoms with Crippen LogP contribution in [-0.4, -0.2) is 19.2 Å². The number of rotatable bonds is 4. The molecule has 0 aliphatic heterocycles. The molecule has 0 saturated carbocycles. The van der Waals surface area contributed by atoms with Gasteiger partial charge in [0.1, 0.15) is 0 Å². The van der Waals surface area contributed by atoms with Crippen LogP contribution < -0.4 is 15.2 Å². The highest BCUT2D eigenvalue weighted by atomic mass is 16.5. The Balaban J connectivity index is 2.55. The molecule has 0 saturated heterocycles. The molecule has 2 aromatic rings. The van der Waals surface area contributed by atoms with Crippen LogP contribution in [0.5, 0.6) is 11.5 Å². The summed E-state index contributed by atoms with van der Waals surface area (Å²) in [6, 6.07) is 9.72. The van der Waals surface area contributed by atoms with E-state index in [4.69, 9.17) is 15.2 Å². The van der Waals surface area contributed by atoms with Crippen LogP contribution in [-0.2, 0) is 6.54 Å². The fraction of sp³-hybridized carbons (Fsp3) is 0.267. The summed E-state index contributed by atoms with van der Waals surface area (Å²) >= 11 is 0. The van der Waals surface area contributed by atoms with Crippen molar-refractivity contribution >= 4 is 0 Å². The largest absolute Gasteiger partial charge is 0.493 e. The summed E-state index contributed by atoms with van der Waals surface area (Å²) in [5.41, 5.74) is 9.61. The van der Waals surface area contributed by atoms with Crippen LogP contribution in [0.1, 0.15) is 11.3 Å². The molecule has 0 spiro atoms. The lowest BCUT2D eigenvalue weighted by Gasteiger charge is -2.12. The number of nitrogens with two attached hydrogens (primary N) is 1. The minimum atomic E-state index is 0.455. The van der Waals surface area contributed by atoms with Crippen molar-refractivity contribution in [3.8, 4) is 22.8 Å². The van der Waals surface area contributed by atoms with Crippen molar-refractivity contribution in [2.75, 3.05) is 14.2 Å². The van der Waals surface area contributed by atoms with E-state index in [1.54, 1.807) is 14.2 Å². The van der Waals surface area contributed by atoms with Gasteiger partial charge in [0.25, 0.3) is 0 Å². The summed E-state index contributed by atoms with van der Waals surface area (Å²) in [6.07, 6.45) is 0. The molecule has 0 aliphatic carbocycles. The van der Waals surface area contributed by atoms with Crippen LogP contribution >= 0.6 is 0 Å². The maximum absolute atomic E-state index is 5.77. The SMILES string of the molecule is COc1ccc(-c2nc(C)ccc2CN)cc1OC. The average Bonchev–Trinajstić information content (AvgIpc) is 2.46. The van der Waals surface area contributed by atoms with Gasteiger partial charge in [0.05, 0.1) is 19.9 Å². The van der Waals surface area contributed by atoms with Crippen LogP contribution in [0.2, 0.25) is 0 Å². The number of aryl methyl sites for hydroxylation is 1. The molecule has 0 radical (unpaired) electrons. The molecule has 0 atom stereocenters. The Hall–Kier alpha value is -2.07. The number of pyridine rings is 1. The van der Waals surface area contributed by atoms with Gasteiger partial charge in [-0.2, -0.15) is 0 Å². The van der Waals surface area contributed by atoms with Gasteiger partial charge in [-0.3, -0.25) is 4.98 Å². The minimum Gasteiger partial charge on any atom is -0.493 e. The van der Waals surface area contributed by atoms with Crippen LogP contribution in [0.15, 0.2) is 30.3 Å². The molecular weight excluding hydrogens is 240 g/mol. The number of methoxy groups -OCH3 is 2. The third kappa shape index (κ3) is 2.69. The average molecular weight is 258 g/mol. The quantitative estimate of drug-likeness (QED) is 0.915. The van der Waals surface area contributed by atoms with E-state index in [1.165, 1.54) is 0 Å². The van der Waals surface area contributed by atoms with Crippen molar-refractivity contribution < 1.29 is 9.47 Å². The second-order valence-corrected chi connectivity index (χ2v) is 4.23. The monoisotopic (exact) mass is 258 g/mol. The number of hydrogen-bond acceptors (Lipinski definition) is 4. The van der Waals surface area contributed by atoms with Crippen LogP contribution in [0.4, 0.5) is 0 Å². The molecule has 2 N–H and O–H groups in total. The highest BCUT2D eigenvalue weighted by Crippen LogP contribution is 2.32. The van der Waals surface area contributed by atoms with Gasteiger partial charge >= 0.3 is 0 Å². The zero-order valence-electron chi connectivity index (χ0n) is 11.4. The molecule has 4 heteroatoms. The van der Waals surface area contributed by atoms with Gasteiger partial charge in [-0.25, -0.2) is 0 Å². The summed E-state index contributed by atoms with van der Waals surface area (Å²) in [7, 11) is 3.24. The Morgan fingerprint density at radius 1 is 1.05 bits per heavy atom. The summed E-state index contributed by atoms with van der Waals surface area (Å²) in [5.74, 6) is 1.39. The first-order chi connectivity index (χ1) is 9.19. The maximum Gasteiger partial charge on any atom is 0.161 e. The molecule has 0 unspecified atom stereocenters. The molecule has 100 valence electrons. The van der Waals surface area contributed by atoms with Gasteiger partial charge in [-0.15, -0.1) is 0 Å². The molecular formula is C15H18N2O2. The molecule has 2 rings (SSSR count). The van der Waals surface area contributed by atoms with E-state index in [2.05, 4.69) is 4.98 Å². The highest BCUT2D eigenvalue weighted by Gasteiger charge is 2.10. The second kappa shape index (κ2) is 5.71.